The largest absolute Gasteiger partial charge is 0.306 e. The molecule has 0 N–H and O–H groups in total. The first-order valence-corrected chi connectivity index (χ1v) is 5.01. The quantitative estimate of drug-likeness (QED) is 0.191. The summed E-state index contributed by atoms with van der Waals surface area (Å²) >= 11 is 9.03. The molecule has 1 aromatic carbocycles. The number of nitrogens with zero attached hydrogens (tertiary/aromatic N) is 1. The zero-order valence-electron chi connectivity index (χ0n) is 8.46. The highest BCUT2D eigenvalue weighted by atomic mass is 35.5. The van der Waals surface area contributed by atoms with Crippen molar-refractivity contribution in [2.75, 3.05) is 5.12 Å². The van der Waals surface area contributed by atoms with Crippen LogP contribution in [0.4, 0.5) is 36.5 Å². The molecule has 1 nitrogen and oxygen atoms in total. The predicted octanol–water partition coefficient (Wildman–Crippen LogP) is 4.85. The van der Waals surface area contributed by atoms with E-state index in [9.17, 15) is 30.8 Å². The monoisotopic (exact) mass is 323 g/mol. The summed E-state index contributed by atoms with van der Waals surface area (Å²) in [5.74, 6) is -9.01. The van der Waals surface area contributed by atoms with Crippen LogP contribution in [-0.4, -0.2) is 4.45 Å². The standard InChI is InChI=1S/C9HClF7NS/c10-9(19)18(17)3-1-2(11)4(6(13)5(3)12)7(14)8(15)16/h1H. The van der Waals surface area contributed by atoms with E-state index in [1.54, 1.807) is 0 Å². The van der Waals surface area contributed by atoms with Crippen LogP contribution in [0.1, 0.15) is 5.56 Å². The van der Waals surface area contributed by atoms with Crippen LogP contribution >= 0.6 is 23.8 Å². The number of halogens is 8. The number of hydrogen-bond acceptors (Lipinski definition) is 1. The van der Waals surface area contributed by atoms with Gasteiger partial charge in [-0.05, 0) is 23.8 Å². The van der Waals surface area contributed by atoms with Gasteiger partial charge in [0, 0.05) is 6.07 Å². The van der Waals surface area contributed by atoms with Gasteiger partial charge in [-0.1, -0.05) is 4.48 Å². The van der Waals surface area contributed by atoms with Crippen LogP contribution in [0.2, 0.25) is 0 Å². The maximum absolute atomic E-state index is 13.3. The molecule has 0 aliphatic carbocycles. The lowest BCUT2D eigenvalue weighted by atomic mass is 10.1. The second kappa shape index (κ2) is 5.74. The van der Waals surface area contributed by atoms with Gasteiger partial charge in [0.25, 0.3) is 0 Å². The van der Waals surface area contributed by atoms with E-state index in [1.807, 2.05) is 0 Å². The molecule has 0 aliphatic heterocycles. The number of hydrogen-bond donors (Lipinski definition) is 0. The minimum Gasteiger partial charge on any atom is -0.206 e. The summed E-state index contributed by atoms with van der Waals surface area (Å²) in [6.07, 6.45) is -3.06. The van der Waals surface area contributed by atoms with Crippen LogP contribution in [0.15, 0.2) is 12.1 Å². The third kappa shape index (κ3) is 2.98. The van der Waals surface area contributed by atoms with Crippen molar-refractivity contribution in [2.24, 2.45) is 0 Å². The van der Waals surface area contributed by atoms with Crippen molar-refractivity contribution in [1.82, 2.24) is 0 Å². The first-order chi connectivity index (χ1) is 8.68. The van der Waals surface area contributed by atoms with E-state index in [-0.39, 0.29) is 6.07 Å². The number of thiocarbonyl (C=S) groups is 1. The highest BCUT2D eigenvalue weighted by molar-refractivity contribution is 7.83. The van der Waals surface area contributed by atoms with Crippen LogP contribution in [0.5, 0.6) is 0 Å². The van der Waals surface area contributed by atoms with Crippen molar-refractivity contribution < 1.29 is 30.8 Å². The Labute approximate surface area is 111 Å². The summed E-state index contributed by atoms with van der Waals surface area (Å²) in [5, 5.41) is -0.810. The molecule has 0 aliphatic rings. The van der Waals surface area contributed by atoms with Gasteiger partial charge in [-0.3, -0.25) is 0 Å². The first kappa shape index (κ1) is 15.7. The fourth-order valence-corrected chi connectivity index (χ4v) is 1.31. The molecule has 0 bridgehead atoms. The molecule has 0 spiro atoms. The third-order valence-corrected chi connectivity index (χ3v) is 2.20. The molecule has 0 saturated heterocycles. The molecular weight excluding hydrogens is 323 g/mol. The molecule has 104 valence electrons. The summed E-state index contributed by atoms with van der Waals surface area (Å²) in [6, 6.07) is -0.0645. The molecule has 1 aromatic rings. The zero-order valence-corrected chi connectivity index (χ0v) is 10.0. The Bertz CT molecular complexity index is 570. The fraction of sp³-hybridized carbons (Fsp3) is 0. The molecule has 19 heavy (non-hydrogen) atoms. The Hall–Kier alpha value is -1.35. The Kier molecular flexibility index (Phi) is 4.75. The Morgan fingerprint density at radius 2 is 1.63 bits per heavy atom. The van der Waals surface area contributed by atoms with E-state index in [1.165, 1.54) is 0 Å². The van der Waals surface area contributed by atoms with Crippen LogP contribution in [0, 0.1) is 17.5 Å². The predicted molar refractivity (Wildman–Crippen MR) is 58.6 cm³/mol. The first-order valence-electron chi connectivity index (χ1n) is 4.22. The van der Waals surface area contributed by atoms with Gasteiger partial charge in [0.1, 0.15) is 11.5 Å². The topological polar surface area (TPSA) is 3.24 Å². The molecular formula is C9HClF7NS. The lowest BCUT2D eigenvalue weighted by Gasteiger charge is -2.13. The van der Waals surface area contributed by atoms with E-state index in [4.69, 9.17) is 11.6 Å². The van der Waals surface area contributed by atoms with Crippen LogP contribution in [0.25, 0.3) is 5.83 Å². The second-order valence-corrected chi connectivity index (χ2v) is 3.96. The van der Waals surface area contributed by atoms with Crippen molar-refractivity contribution >= 4 is 39.8 Å². The zero-order chi connectivity index (χ0) is 14.9. The Balaban J connectivity index is 3.57. The molecule has 0 heterocycles. The number of rotatable bonds is 2. The normalized spacial score (nSPS) is 10.3. The van der Waals surface area contributed by atoms with Crippen LogP contribution in [-0.2, 0) is 0 Å². The van der Waals surface area contributed by atoms with Gasteiger partial charge >= 0.3 is 6.08 Å². The second-order valence-electron chi connectivity index (χ2n) is 2.99. The van der Waals surface area contributed by atoms with E-state index in [2.05, 4.69) is 12.2 Å². The van der Waals surface area contributed by atoms with Crippen molar-refractivity contribution in [3.63, 3.8) is 0 Å². The molecule has 0 amide bonds. The molecule has 0 radical (unpaired) electrons. The minimum absolute atomic E-state index is 0.0645. The minimum atomic E-state index is -3.06. The van der Waals surface area contributed by atoms with Gasteiger partial charge in [-0.15, -0.1) is 0 Å². The lowest BCUT2D eigenvalue weighted by molar-refractivity contribution is 0.405. The smallest absolute Gasteiger partial charge is 0.206 e. The summed E-state index contributed by atoms with van der Waals surface area (Å²) in [6.45, 7) is 0. The number of anilines is 1. The third-order valence-electron chi connectivity index (χ3n) is 1.89. The number of benzene rings is 1. The molecule has 1 rings (SSSR count). The average Bonchev–Trinajstić information content (AvgIpc) is 2.32. The van der Waals surface area contributed by atoms with Crippen molar-refractivity contribution in [3.05, 3.63) is 35.2 Å². The highest BCUT2D eigenvalue weighted by Crippen LogP contribution is 2.33. The highest BCUT2D eigenvalue weighted by Gasteiger charge is 2.28. The molecule has 0 atom stereocenters. The summed E-state index contributed by atoms with van der Waals surface area (Å²) in [7, 11) is 0. The maximum atomic E-state index is 13.3. The average molecular weight is 324 g/mol. The summed E-state index contributed by atoms with van der Waals surface area (Å²) in [5.41, 5.74) is -3.36. The van der Waals surface area contributed by atoms with Crippen molar-refractivity contribution in [2.45, 2.75) is 0 Å². The van der Waals surface area contributed by atoms with Crippen LogP contribution in [0.3, 0.4) is 0 Å². The van der Waals surface area contributed by atoms with Gasteiger partial charge in [0.05, 0.1) is 5.56 Å². The molecule has 0 saturated carbocycles. The summed E-state index contributed by atoms with van der Waals surface area (Å²) < 4.78 is 88.4. The molecule has 0 unspecified atom stereocenters. The van der Waals surface area contributed by atoms with E-state index in [0.29, 0.717) is 0 Å². The SMILES string of the molecule is FC(F)=C(F)c1c(F)cc(N(F)C(=S)Cl)c(F)c1F. The van der Waals surface area contributed by atoms with Gasteiger partial charge in [0.15, 0.2) is 11.6 Å². The van der Waals surface area contributed by atoms with E-state index < -0.39 is 50.2 Å². The Morgan fingerprint density at radius 3 is 2.05 bits per heavy atom. The van der Waals surface area contributed by atoms with E-state index >= 15 is 0 Å². The van der Waals surface area contributed by atoms with Crippen molar-refractivity contribution in [1.29, 1.82) is 0 Å². The van der Waals surface area contributed by atoms with Crippen molar-refractivity contribution in [3.8, 4) is 0 Å². The Morgan fingerprint density at radius 1 is 1.11 bits per heavy atom. The van der Waals surface area contributed by atoms with E-state index in [0.717, 1.165) is 0 Å². The summed E-state index contributed by atoms with van der Waals surface area (Å²) in [4.78, 5) is 0. The maximum Gasteiger partial charge on any atom is 0.306 e. The van der Waals surface area contributed by atoms with Crippen LogP contribution < -0.4 is 5.12 Å². The molecule has 0 fully saturated rings. The lowest BCUT2D eigenvalue weighted by Crippen LogP contribution is -2.17. The fourth-order valence-electron chi connectivity index (χ4n) is 1.12. The van der Waals surface area contributed by atoms with Gasteiger partial charge in [-0.2, -0.15) is 13.9 Å². The van der Waals surface area contributed by atoms with Gasteiger partial charge < -0.3 is 0 Å². The molecule has 0 aromatic heterocycles. The van der Waals surface area contributed by atoms with Gasteiger partial charge in [0.2, 0.25) is 10.3 Å². The van der Waals surface area contributed by atoms with Gasteiger partial charge in [-0.25, -0.2) is 17.6 Å². The molecule has 10 heteroatoms.